The number of nitrogens with zero attached hydrogens (tertiary/aromatic N) is 2. The number of carbonyl (C=O) groups excluding carboxylic acids is 1. The maximum absolute atomic E-state index is 13.3. The highest BCUT2D eigenvalue weighted by Crippen LogP contribution is 2.41. The maximum Gasteiger partial charge on any atom is 0.256 e. The second-order valence-corrected chi connectivity index (χ2v) is 8.12. The van der Waals surface area contributed by atoms with Crippen molar-refractivity contribution in [1.82, 2.24) is 19.8 Å². The molecule has 6 nitrogen and oxygen atoms in total. The van der Waals surface area contributed by atoms with Gasteiger partial charge in [0.15, 0.2) is 5.88 Å². The minimum atomic E-state index is 0.123. The second-order valence-electron chi connectivity index (χ2n) is 8.12. The zero-order valence-corrected chi connectivity index (χ0v) is 16.9. The van der Waals surface area contributed by atoms with Gasteiger partial charge in [0.2, 0.25) is 0 Å². The number of fused-ring (bicyclic) bond motifs is 2. The lowest BCUT2D eigenvalue weighted by atomic mass is 9.89. The highest BCUT2D eigenvalue weighted by atomic mass is 16.3. The van der Waals surface area contributed by atoms with Gasteiger partial charge in [0.05, 0.1) is 16.8 Å². The molecule has 29 heavy (non-hydrogen) atoms. The minimum absolute atomic E-state index is 0.123. The predicted molar refractivity (Wildman–Crippen MR) is 114 cm³/mol. The summed E-state index contributed by atoms with van der Waals surface area (Å²) in [6, 6.07) is 7.91. The number of aromatic hydroxyl groups is 1. The molecule has 3 aromatic rings. The molecule has 1 amide bonds. The smallest absolute Gasteiger partial charge is 0.256 e. The maximum atomic E-state index is 13.3. The number of nitrogens with one attached hydrogen (secondary N) is 2. The van der Waals surface area contributed by atoms with Crippen LogP contribution >= 0.6 is 0 Å². The van der Waals surface area contributed by atoms with E-state index in [4.69, 9.17) is 0 Å². The van der Waals surface area contributed by atoms with Crippen molar-refractivity contribution in [3.63, 3.8) is 0 Å². The molecule has 0 radical (unpaired) electrons. The quantitative estimate of drug-likeness (QED) is 0.629. The van der Waals surface area contributed by atoms with Crippen molar-refractivity contribution >= 4 is 22.4 Å². The number of allylic oxidation sites excluding steroid dienone is 1. The van der Waals surface area contributed by atoms with Crippen molar-refractivity contribution in [2.24, 2.45) is 0 Å². The van der Waals surface area contributed by atoms with Gasteiger partial charge in [-0.25, -0.2) is 0 Å². The Morgan fingerprint density at radius 1 is 1.10 bits per heavy atom. The highest BCUT2D eigenvalue weighted by molar-refractivity contribution is 6.03. The van der Waals surface area contributed by atoms with Gasteiger partial charge in [-0.15, -0.1) is 0 Å². The summed E-state index contributed by atoms with van der Waals surface area (Å²) in [6.45, 7) is 5.33. The third-order valence-electron chi connectivity index (χ3n) is 6.26. The van der Waals surface area contributed by atoms with Gasteiger partial charge in [-0.05, 0) is 38.4 Å². The molecule has 1 aliphatic heterocycles. The highest BCUT2D eigenvalue weighted by Gasteiger charge is 2.30. The van der Waals surface area contributed by atoms with Crippen molar-refractivity contribution in [3.05, 3.63) is 58.4 Å². The average Bonchev–Trinajstić information content (AvgIpc) is 3.23. The molecule has 150 valence electrons. The molecule has 1 fully saturated rings. The third kappa shape index (κ3) is 2.86. The largest absolute Gasteiger partial charge is 0.494 e. The summed E-state index contributed by atoms with van der Waals surface area (Å²) >= 11 is 0. The number of aryl methyl sites for hydroxylation is 1. The molecule has 2 aliphatic rings. The van der Waals surface area contributed by atoms with Crippen LogP contribution in [-0.2, 0) is 6.42 Å². The first-order valence-electron chi connectivity index (χ1n) is 10.2. The zero-order chi connectivity index (χ0) is 20.1. The van der Waals surface area contributed by atoms with Gasteiger partial charge in [0, 0.05) is 48.3 Å². The van der Waals surface area contributed by atoms with Gasteiger partial charge < -0.3 is 24.9 Å². The van der Waals surface area contributed by atoms with Gasteiger partial charge in [0.1, 0.15) is 0 Å². The van der Waals surface area contributed by atoms with Crippen LogP contribution in [0.3, 0.4) is 0 Å². The number of aromatic nitrogens is 2. The summed E-state index contributed by atoms with van der Waals surface area (Å²) in [5.74, 6) is 0.294. The van der Waals surface area contributed by atoms with Crippen LogP contribution in [0, 0.1) is 6.92 Å². The van der Waals surface area contributed by atoms with E-state index in [0.29, 0.717) is 0 Å². The number of hydrogen-bond acceptors (Lipinski definition) is 3. The van der Waals surface area contributed by atoms with Crippen molar-refractivity contribution in [2.45, 2.75) is 19.8 Å². The molecule has 2 aromatic heterocycles. The van der Waals surface area contributed by atoms with E-state index in [1.165, 1.54) is 0 Å². The fourth-order valence-corrected chi connectivity index (χ4v) is 4.70. The number of carbonyl (C=O) groups is 1. The molecule has 1 aliphatic carbocycles. The third-order valence-corrected chi connectivity index (χ3v) is 6.26. The first-order chi connectivity index (χ1) is 14.0. The first-order valence-corrected chi connectivity index (χ1v) is 10.2. The van der Waals surface area contributed by atoms with E-state index in [1.807, 2.05) is 36.1 Å². The van der Waals surface area contributed by atoms with Crippen molar-refractivity contribution < 1.29 is 9.90 Å². The number of likely N-dealkylation sites (N-methyl/N-ethyl adjacent to an activating group) is 1. The van der Waals surface area contributed by atoms with Gasteiger partial charge >= 0.3 is 0 Å². The molecule has 0 spiro atoms. The number of aromatic amines is 2. The molecule has 0 saturated carbocycles. The Bertz CT molecular complexity index is 1130. The van der Waals surface area contributed by atoms with E-state index in [2.05, 4.69) is 28.0 Å². The molecule has 3 N–H and O–H groups in total. The number of benzene rings is 1. The second kappa shape index (κ2) is 6.81. The summed E-state index contributed by atoms with van der Waals surface area (Å²) in [7, 11) is 2.09. The summed E-state index contributed by atoms with van der Waals surface area (Å²) in [5.41, 5.74) is 6.45. The van der Waals surface area contributed by atoms with Gasteiger partial charge in [0.25, 0.3) is 5.91 Å². The standard InChI is InChI=1S/C23H26N4O2/c1-14-19(23(29)27-12-10-26(2)11-13-27)16-7-5-8-17(21(16)24-14)20-15-6-3-4-9-18(15)25-22(20)28/h3-4,6,8-9,24-25,28H,5,7,10-13H2,1-2H3. The molecule has 0 unspecified atom stereocenters. The molecular formula is C23H26N4O2. The van der Waals surface area contributed by atoms with Gasteiger partial charge in [-0.1, -0.05) is 24.3 Å². The topological polar surface area (TPSA) is 75.4 Å². The predicted octanol–water partition coefficient (Wildman–Crippen LogP) is 3.28. The van der Waals surface area contributed by atoms with Crippen LogP contribution in [0.15, 0.2) is 30.3 Å². The van der Waals surface area contributed by atoms with E-state index >= 15 is 0 Å². The van der Waals surface area contributed by atoms with Crippen LogP contribution in [0.4, 0.5) is 0 Å². The van der Waals surface area contributed by atoms with E-state index in [9.17, 15) is 9.90 Å². The zero-order valence-electron chi connectivity index (χ0n) is 16.9. The molecule has 0 bridgehead atoms. The number of H-pyrrole nitrogens is 2. The van der Waals surface area contributed by atoms with Crippen molar-refractivity contribution in [2.75, 3.05) is 33.2 Å². The van der Waals surface area contributed by atoms with E-state index in [-0.39, 0.29) is 11.8 Å². The van der Waals surface area contributed by atoms with Crippen LogP contribution in [-0.4, -0.2) is 64.0 Å². The Labute approximate surface area is 169 Å². The van der Waals surface area contributed by atoms with E-state index in [1.54, 1.807) is 0 Å². The lowest BCUT2D eigenvalue weighted by molar-refractivity contribution is 0.0662. The molecule has 1 saturated heterocycles. The Kier molecular flexibility index (Phi) is 4.24. The van der Waals surface area contributed by atoms with Crippen LogP contribution in [0.1, 0.15) is 39.3 Å². The molecule has 0 atom stereocenters. The number of para-hydroxylation sites is 1. The van der Waals surface area contributed by atoms with Crippen LogP contribution in [0.25, 0.3) is 16.5 Å². The molecule has 5 rings (SSSR count). The Hall–Kier alpha value is -2.99. The molecule has 1 aromatic carbocycles. The minimum Gasteiger partial charge on any atom is -0.494 e. The number of hydrogen-bond donors (Lipinski definition) is 3. The SMILES string of the molecule is Cc1[nH]c2c(c1C(=O)N1CCN(C)CC1)CCC=C2c1c(O)[nH]c2ccccc12. The monoisotopic (exact) mass is 390 g/mol. The Morgan fingerprint density at radius 3 is 2.66 bits per heavy atom. The molecule has 6 heteroatoms. The summed E-state index contributed by atoms with van der Waals surface area (Å²) in [5, 5.41) is 11.6. The van der Waals surface area contributed by atoms with Gasteiger partial charge in [-0.3, -0.25) is 4.79 Å². The summed E-state index contributed by atoms with van der Waals surface area (Å²) in [4.78, 5) is 24.1. The molecular weight excluding hydrogens is 364 g/mol. The summed E-state index contributed by atoms with van der Waals surface area (Å²) < 4.78 is 0. The van der Waals surface area contributed by atoms with Crippen LogP contribution in [0.2, 0.25) is 0 Å². The van der Waals surface area contributed by atoms with E-state index in [0.717, 1.165) is 83.6 Å². The summed E-state index contributed by atoms with van der Waals surface area (Å²) in [6.07, 6.45) is 3.85. The van der Waals surface area contributed by atoms with Crippen LogP contribution < -0.4 is 0 Å². The number of piperazine rings is 1. The lowest BCUT2D eigenvalue weighted by Crippen LogP contribution is -2.47. The fourth-order valence-electron chi connectivity index (χ4n) is 4.70. The van der Waals surface area contributed by atoms with Crippen LogP contribution in [0.5, 0.6) is 5.88 Å². The Morgan fingerprint density at radius 2 is 1.86 bits per heavy atom. The van der Waals surface area contributed by atoms with Crippen molar-refractivity contribution in [3.8, 4) is 5.88 Å². The van der Waals surface area contributed by atoms with E-state index < -0.39 is 0 Å². The average molecular weight is 390 g/mol. The fraction of sp³-hybridized carbons (Fsp3) is 0.348. The first kappa shape index (κ1) is 18.1. The number of rotatable bonds is 2. The Balaban J connectivity index is 1.58. The molecule has 3 heterocycles. The normalized spacial score (nSPS) is 17.4. The lowest BCUT2D eigenvalue weighted by Gasteiger charge is -2.32. The van der Waals surface area contributed by atoms with Gasteiger partial charge in [-0.2, -0.15) is 0 Å². The van der Waals surface area contributed by atoms with Crippen molar-refractivity contribution in [1.29, 1.82) is 0 Å². The number of amides is 1.